The second-order valence-electron chi connectivity index (χ2n) is 9.48. The molecule has 8 heteroatoms. The number of rotatable bonds is 5. The highest BCUT2D eigenvalue weighted by Crippen LogP contribution is 2.44. The molecule has 1 aromatic heterocycles. The number of ether oxygens (including phenoxy) is 2. The van der Waals surface area contributed by atoms with Crippen molar-refractivity contribution in [2.45, 2.75) is 12.6 Å². The molecule has 6 rings (SSSR count). The van der Waals surface area contributed by atoms with Gasteiger partial charge in [-0.05, 0) is 30.3 Å². The number of hydrogen-bond acceptors (Lipinski definition) is 6. The zero-order chi connectivity index (χ0) is 26.4. The Bertz CT molecular complexity index is 1600. The average molecular weight is 510 g/mol. The van der Waals surface area contributed by atoms with Crippen LogP contribution in [0.5, 0.6) is 11.5 Å². The summed E-state index contributed by atoms with van der Waals surface area (Å²) < 4.78 is 11.3. The third-order valence-electron chi connectivity index (χ3n) is 7.32. The largest absolute Gasteiger partial charge is 0.507 e. The van der Waals surface area contributed by atoms with E-state index in [0.717, 1.165) is 27.7 Å². The van der Waals surface area contributed by atoms with Crippen molar-refractivity contribution in [1.29, 1.82) is 0 Å². The van der Waals surface area contributed by atoms with Crippen molar-refractivity contribution in [3.63, 3.8) is 0 Å². The SMILES string of the molecule is COc1ccccc1CN1C(=O)C(=O)/C(=C(/O)c2ccc3c(c2)N(C)CCO3)C1c1c[nH]c2ccccc12. The molecule has 0 bridgehead atoms. The molecule has 0 spiro atoms. The first-order valence-electron chi connectivity index (χ1n) is 12.4. The molecule has 0 aliphatic carbocycles. The van der Waals surface area contributed by atoms with E-state index in [-0.39, 0.29) is 17.9 Å². The summed E-state index contributed by atoms with van der Waals surface area (Å²) in [6, 6.07) is 19.6. The standard InChI is InChI=1S/C30H27N3O5/c1-32-13-14-38-25-12-11-18(15-23(25)32)28(34)26-27(21-16-31-22-9-5-4-8-20(21)22)33(30(36)29(26)35)17-19-7-3-6-10-24(19)37-2/h3-12,15-16,27,31,34H,13-14,17H2,1-2H3/b28-26+. The number of aromatic amines is 1. The molecule has 1 atom stereocenters. The second kappa shape index (κ2) is 9.30. The lowest BCUT2D eigenvalue weighted by Gasteiger charge is -2.28. The van der Waals surface area contributed by atoms with E-state index in [1.807, 2.05) is 60.5 Å². The first-order valence-corrected chi connectivity index (χ1v) is 12.4. The highest BCUT2D eigenvalue weighted by Gasteiger charge is 2.47. The minimum atomic E-state index is -0.805. The van der Waals surface area contributed by atoms with Crippen molar-refractivity contribution in [3.8, 4) is 11.5 Å². The Morgan fingerprint density at radius 1 is 1.11 bits per heavy atom. The molecule has 2 N–H and O–H groups in total. The Morgan fingerprint density at radius 3 is 2.74 bits per heavy atom. The third-order valence-corrected chi connectivity index (χ3v) is 7.32. The fraction of sp³-hybridized carbons (Fsp3) is 0.200. The summed E-state index contributed by atoms with van der Waals surface area (Å²) in [5.41, 5.74) is 3.67. The normalized spacial score (nSPS) is 18.5. The number of likely N-dealkylation sites (N-methyl/N-ethyl adjacent to an activating group) is 1. The van der Waals surface area contributed by atoms with Gasteiger partial charge in [0, 0.05) is 40.8 Å². The van der Waals surface area contributed by atoms with E-state index in [0.29, 0.717) is 30.2 Å². The first kappa shape index (κ1) is 23.7. The molecule has 192 valence electrons. The van der Waals surface area contributed by atoms with Crippen LogP contribution in [0.25, 0.3) is 16.7 Å². The Labute approximate surface area is 219 Å². The minimum Gasteiger partial charge on any atom is -0.507 e. The number of carbonyl (C=O) groups is 2. The van der Waals surface area contributed by atoms with Crippen molar-refractivity contribution in [2.75, 3.05) is 32.2 Å². The number of nitrogens with zero attached hydrogens (tertiary/aromatic N) is 2. The van der Waals surface area contributed by atoms with E-state index >= 15 is 0 Å². The highest BCUT2D eigenvalue weighted by atomic mass is 16.5. The molecular formula is C30H27N3O5. The Hall–Kier alpha value is -4.72. The number of anilines is 1. The zero-order valence-corrected chi connectivity index (χ0v) is 21.1. The number of aliphatic hydroxyl groups excluding tert-OH is 1. The number of carbonyl (C=O) groups excluding carboxylic acids is 2. The molecule has 0 radical (unpaired) electrons. The molecule has 1 fully saturated rings. The van der Waals surface area contributed by atoms with Crippen LogP contribution < -0.4 is 14.4 Å². The number of methoxy groups -OCH3 is 1. The van der Waals surface area contributed by atoms with E-state index in [1.54, 1.807) is 31.5 Å². The predicted octanol–water partition coefficient (Wildman–Crippen LogP) is 4.63. The number of H-pyrrole nitrogens is 1. The number of nitrogens with one attached hydrogen (secondary N) is 1. The average Bonchev–Trinajstić information content (AvgIpc) is 3.47. The van der Waals surface area contributed by atoms with E-state index in [4.69, 9.17) is 9.47 Å². The van der Waals surface area contributed by atoms with Gasteiger partial charge in [0.1, 0.15) is 23.9 Å². The van der Waals surface area contributed by atoms with Gasteiger partial charge in [0.2, 0.25) is 0 Å². The van der Waals surface area contributed by atoms with E-state index in [1.165, 1.54) is 4.90 Å². The Morgan fingerprint density at radius 2 is 1.89 bits per heavy atom. The molecule has 2 aliphatic heterocycles. The smallest absolute Gasteiger partial charge is 0.295 e. The summed E-state index contributed by atoms with van der Waals surface area (Å²) in [6.45, 7) is 1.41. The Kier molecular flexibility index (Phi) is 5.79. The van der Waals surface area contributed by atoms with Gasteiger partial charge in [0.15, 0.2) is 0 Å². The highest BCUT2D eigenvalue weighted by molar-refractivity contribution is 6.46. The second-order valence-corrected chi connectivity index (χ2v) is 9.48. The minimum absolute atomic E-state index is 0.0500. The van der Waals surface area contributed by atoms with Crippen molar-refractivity contribution in [3.05, 3.63) is 95.2 Å². The number of hydrogen-bond donors (Lipinski definition) is 2. The summed E-state index contributed by atoms with van der Waals surface area (Å²) in [4.78, 5) is 33.9. The molecule has 3 heterocycles. The van der Waals surface area contributed by atoms with Gasteiger partial charge in [-0.2, -0.15) is 0 Å². The number of aromatic nitrogens is 1. The maximum atomic E-state index is 13.6. The quantitative estimate of drug-likeness (QED) is 0.232. The predicted molar refractivity (Wildman–Crippen MR) is 144 cm³/mol. The van der Waals surface area contributed by atoms with Gasteiger partial charge in [-0.15, -0.1) is 0 Å². The van der Waals surface area contributed by atoms with Crippen molar-refractivity contribution in [2.24, 2.45) is 0 Å². The lowest BCUT2D eigenvalue weighted by atomic mass is 9.94. The molecule has 3 aromatic carbocycles. The number of likely N-dealkylation sites (tertiary alicyclic amines) is 1. The number of para-hydroxylation sites is 2. The van der Waals surface area contributed by atoms with Crippen molar-refractivity contribution >= 4 is 34.0 Å². The van der Waals surface area contributed by atoms with Crippen LogP contribution in [-0.2, 0) is 16.1 Å². The van der Waals surface area contributed by atoms with Crippen molar-refractivity contribution in [1.82, 2.24) is 9.88 Å². The van der Waals surface area contributed by atoms with Gasteiger partial charge in [-0.25, -0.2) is 0 Å². The van der Waals surface area contributed by atoms with Gasteiger partial charge >= 0.3 is 0 Å². The zero-order valence-electron chi connectivity index (χ0n) is 21.1. The van der Waals surface area contributed by atoms with Crippen LogP contribution in [0.3, 0.4) is 0 Å². The number of fused-ring (bicyclic) bond motifs is 2. The topological polar surface area (TPSA) is 95.1 Å². The van der Waals surface area contributed by atoms with Gasteiger partial charge in [-0.1, -0.05) is 36.4 Å². The molecular weight excluding hydrogens is 482 g/mol. The molecule has 4 aromatic rings. The number of amides is 1. The first-order chi connectivity index (χ1) is 18.5. The number of benzene rings is 3. The lowest BCUT2D eigenvalue weighted by Crippen LogP contribution is -2.29. The monoisotopic (exact) mass is 509 g/mol. The third kappa shape index (κ3) is 3.76. The molecule has 1 saturated heterocycles. The van der Waals surface area contributed by atoms with Gasteiger partial charge in [-0.3, -0.25) is 9.59 Å². The summed E-state index contributed by atoms with van der Waals surface area (Å²) in [5, 5.41) is 12.5. The van der Waals surface area contributed by atoms with Crippen LogP contribution >= 0.6 is 0 Å². The maximum Gasteiger partial charge on any atom is 0.295 e. The lowest BCUT2D eigenvalue weighted by molar-refractivity contribution is -0.140. The van der Waals surface area contributed by atoms with Crippen molar-refractivity contribution < 1.29 is 24.2 Å². The van der Waals surface area contributed by atoms with Crippen LogP contribution in [0.4, 0.5) is 5.69 Å². The van der Waals surface area contributed by atoms with E-state index in [2.05, 4.69) is 4.98 Å². The van der Waals surface area contributed by atoms with Crippen LogP contribution in [0.1, 0.15) is 22.7 Å². The molecule has 2 aliphatic rings. The van der Waals surface area contributed by atoms with Gasteiger partial charge in [0.05, 0.1) is 37.5 Å². The maximum absolute atomic E-state index is 13.6. The van der Waals surface area contributed by atoms with Crippen LogP contribution in [0.2, 0.25) is 0 Å². The van der Waals surface area contributed by atoms with Crippen LogP contribution in [0.15, 0.2) is 78.5 Å². The molecule has 8 nitrogen and oxygen atoms in total. The molecule has 1 amide bonds. The molecule has 0 saturated carbocycles. The summed E-state index contributed by atoms with van der Waals surface area (Å²) >= 11 is 0. The molecule has 1 unspecified atom stereocenters. The van der Waals surface area contributed by atoms with Gasteiger partial charge < -0.3 is 29.4 Å². The van der Waals surface area contributed by atoms with Crippen LogP contribution in [-0.4, -0.2) is 54.0 Å². The summed E-state index contributed by atoms with van der Waals surface area (Å²) in [6.07, 6.45) is 1.80. The fourth-order valence-electron chi connectivity index (χ4n) is 5.36. The number of Topliss-reactive ketones (excluding diaryl/α,β-unsaturated/α-hetero) is 1. The number of aliphatic hydroxyl groups is 1. The fourth-order valence-corrected chi connectivity index (χ4v) is 5.36. The number of ketones is 1. The molecule has 38 heavy (non-hydrogen) atoms. The van der Waals surface area contributed by atoms with Gasteiger partial charge in [0.25, 0.3) is 11.7 Å². The summed E-state index contributed by atoms with van der Waals surface area (Å²) in [7, 11) is 3.52. The summed E-state index contributed by atoms with van der Waals surface area (Å²) in [5.74, 6) is -0.297. The van der Waals surface area contributed by atoms with Crippen LogP contribution in [0, 0.1) is 0 Å². The van der Waals surface area contributed by atoms with E-state index < -0.39 is 17.7 Å². The van der Waals surface area contributed by atoms with E-state index in [9.17, 15) is 14.7 Å². The Balaban J connectivity index is 1.53.